The molecule has 0 saturated carbocycles. The number of ether oxygens (including phenoxy) is 1. The molecule has 2 rings (SSSR count). The number of benzene rings is 1. The number of anilines is 1. The van der Waals surface area contributed by atoms with Crippen LogP contribution in [0.4, 0.5) is 10.1 Å². The van der Waals surface area contributed by atoms with Crippen LogP contribution in [-0.2, 0) is 4.74 Å². The summed E-state index contributed by atoms with van der Waals surface area (Å²) >= 11 is 5.04. The molecular formula is C14H19FN2OS. The third-order valence-electron chi connectivity index (χ3n) is 3.47. The van der Waals surface area contributed by atoms with Gasteiger partial charge in [0, 0.05) is 17.8 Å². The highest BCUT2D eigenvalue weighted by Gasteiger charge is 2.27. The van der Waals surface area contributed by atoms with Crippen molar-refractivity contribution in [2.75, 3.05) is 18.1 Å². The lowest BCUT2D eigenvalue weighted by molar-refractivity contribution is 0.0299. The molecule has 19 heavy (non-hydrogen) atoms. The second kappa shape index (κ2) is 5.84. The minimum absolute atomic E-state index is 0.145. The second-order valence-electron chi connectivity index (χ2n) is 4.88. The molecule has 0 spiro atoms. The smallest absolute Gasteiger partial charge is 0.124 e. The second-order valence-corrected chi connectivity index (χ2v) is 5.32. The van der Waals surface area contributed by atoms with Crippen molar-refractivity contribution in [1.29, 1.82) is 0 Å². The van der Waals surface area contributed by atoms with Crippen molar-refractivity contribution >= 4 is 22.9 Å². The van der Waals surface area contributed by atoms with Crippen molar-refractivity contribution in [2.24, 2.45) is 5.73 Å². The van der Waals surface area contributed by atoms with Crippen molar-refractivity contribution in [3.05, 3.63) is 29.6 Å². The zero-order valence-electron chi connectivity index (χ0n) is 11.2. The van der Waals surface area contributed by atoms with E-state index in [1.54, 1.807) is 6.07 Å². The van der Waals surface area contributed by atoms with Crippen LogP contribution in [0.5, 0.6) is 0 Å². The summed E-state index contributed by atoms with van der Waals surface area (Å²) in [5, 5.41) is 0. The Morgan fingerprint density at radius 1 is 1.58 bits per heavy atom. The summed E-state index contributed by atoms with van der Waals surface area (Å²) in [4.78, 5) is 2.45. The van der Waals surface area contributed by atoms with E-state index in [1.807, 2.05) is 6.92 Å². The first-order chi connectivity index (χ1) is 9.02. The van der Waals surface area contributed by atoms with Crippen LogP contribution in [0.1, 0.15) is 25.8 Å². The molecule has 104 valence electrons. The quantitative estimate of drug-likeness (QED) is 0.864. The number of hydrogen-bond donors (Lipinski definition) is 1. The van der Waals surface area contributed by atoms with Crippen LogP contribution in [0.2, 0.25) is 0 Å². The summed E-state index contributed by atoms with van der Waals surface area (Å²) in [6.07, 6.45) is 1.10. The van der Waals surface area contributed by atoms with E-state index in [0.29, 0.717) is 12.2 Å². The highest BCUT2D eigenvalue weighted by molar-refractivity contribution is 7.80. The van der Waals surface area contributed by atoms with Gasteiger partial charge in [-0.3, -0.25) is 0 Å². The minimum atomic E-state index is -0.319. The largest absolute Gasteiger partial charge is 0.389 e. The van der Waals surface area contributed by atoms with Gasteiger partial charge in [-0.2, -0.15) is 0 Å². The molecule has 1 aliphatic heterocycles. The van der Waals surface area contributed by atoms with Gasteiger partial charge >= 0.3 is 0 Å². The summed E-state index contributed by atoms with van der Waals surface area (Å²) in [7, 11) is 0. The zero-order chi connectivity index (χ0) is 14.0. The van der Waals surface area contributed by atoms with Gasteiger partial charge in [0.2, 0.25) is 0 Å². The minimum Gasteiger partial charge on any atom is -0.389 e. The van der Waals surface area contributed by atoms with E-state index in [1.165, 1.54) is 12.1 Å². The molecule has 1 fully saturated rings. The average molecular weight is 282 g/mol. The molecule has 1 aliphatic rings. The van der Waals surface area contributed by atoms with Gasteiger partial charge in [-0.05, 0) is 31.5 Å². The van der Waals surface area contributed by atoms with E-state index < -0.39 is 0 Å². The van der Waals surface area contributed by atoms with Crippen LogP contribution in [-0.4, -0.2) is 30.3 Å². The van der Waals surface area contributed by atoms with Crippen LogP contribution >= 0.6 is 12.2 Å². The van der Waals surface area contributed by atoms with Crippen molar-refractivity contribution in [1.82, 2.24) is 0 Å². The topological polar surface area (TPSA) is 38.5 Å². The molecule has 0 radical (unpaired) electrons. The maximum atomic E-state index is 13.4. The third-order valence-corrected chi connectivity index (χ3v) is 3.69. The molecule has 0 aromatic heterocycles. The maximum absolute atomic E-state index is 13.4. The molecule has 2 unspecified atom stereocenters. The van der Waals surface area contributed by atoms with Gasteiger partial charge in [-0.25, -0.2) is 4.39 Å². The van der Waals surface area contributed by atoms with Gasteiger partial charge in [0.25, 0.3) is 0 Å². The molecule has 0 aliphatic carbocycles. The predicted octanol–water partition coefficient (Wildman–Crippen LogP) is 2.46. The van der Waals surface area contributed by atoms with E-state index in [2.05, 4.69) is 11.8 Å². The Morgan fingerprint density at radius 3 is 2.95 bits per heavy atom. The number of nitrogens with two attached hydrogens (primary N) is 1. The predicted molar refractivity (Wildman–Crippen MR) is 79.1 cm³/mol. The lowest BCUT2D eigenvalue weighted by Crippen LogP contribution is -2.49. The van der Waals surface area contributed by atoms with E-state index in [-0.39, 0.29) is 23.0 Å². The molecule has 2 N–H and O–H groups in total. The zero-order valence-corrected chi connectivity index (χ0v) is 12.0. The van der Waals surface area contributed by atoms with Crippen molar-refractivity contribution in [2.45, 2.75) is 32.4 Å². The number of halogens is 1. The Hall–Kier alpha value is -1.20. The summed E-state index contributed by atoms with van der Waals surface area (Å²) in [6.45, 7) is 5.58. The fourth-order valence-corrected chi connectivity index (χ4v) is 2.60. The molecule has 1 saturated heterocycles. The monoisotopic (exact) mass is 282 g/mol. The first kappa shape index (κ1) is 14.2. The normalized spacial score (nSPS) is 23.4. The molecule has 1 aromatic carbocycles. The average Bonchev–Trinajstić information content (AvgIpc) is 2.38. The molecule has 1 heterocycles. The number of nitrogens with zero attached hydrogens (tertiary/aromatic N) is 1. The molecule has 0 bridgehead atoms. The van der Waals surface area contributed by atoms with E-state index >= 15 is 0 Å². The van der Waals surface area contributed by atoms with Crippen molar-refractivity contribution < 1.29 is 9.13 Å². The van der Waals surface area contributed by atoms with E-state index in [4.69, 9.17) is 22.7 Å². The highest BCUT2D eigenvalue weighted by Crippen LogP contribution is 2.27. The van der Waals surface area contributed by atoms with Crippen LogP contribution in [0.15, 0.2) is 18.2 Å². The van der Waals surface area contributed by atoms with Gasteiger partial charge in [0.1, 0.15) is 10.8 Å². The van der Waals surface area contributed by atoms with Crippen LogP contribution < -0.4 is 10.6 Å². The molecule has 1 aromatic rings. The van der Waals surface area contributed by atoms with Gasteiger partial charge in [0.15, 0.2) is 0 Å². The standard InChI is InChI=1S/C14H19FN2OS/c1-3-11-8-18-9(2)7-17(11)13-5-4-10(15)6-12(13)14(16)19/h4-6,9,11H,3,7-8H2,1-2H3,(H2,16,19). The Morgan fingerprint density at radius 2 is 2.32 bits per heavy atom. The van der Waals surface area contributed by atoms with Gasteiger partial charge < -0.3 is 15.4 Å². The fraction of sp³-hybridized carbons (Fsp3) is 0.500. The fourth-order valence-electron chi connectivity index (χ4n) is 2.43. The van der Waals surface area contributed by atoms with Crippen LogP contribution in [0, 0.1) is 5.82 Å². The van der Waals surface area contributed by atoms with Gasteiger partial charge in [-0.1, -0.05) is 19.1 Å². The maximum Gasteiger partial charge on any atom is 0.124 e. The van der Waals surface area contributed by atoms with Crippen molar-refractivity contribution in [3.63, 3.8) is 0 Å². The van der Waals surface area contributed by atoms with Crippen molar-refractivity contribution in [3.8, 4) is 0 Å². The van der Waals surface area contributed by atoms with Gasteiger partial charge in [0.05, 0.1) is 18.8 Å². The van der Waals surface area contributed by atoms with E-state index in [9.17, 15) is 4.39 Å². The molecular weight excluding hydrogens is 263 g/mol. The number of hydrogen-bond acceptors (Lipinski definition) is 3. The Labute approximate surface area is 118 Å². The Bertz CT molecular complexity index is 481. The lowest BCUT2D eigenvalue weighted by Gasteiger charge is -2.40. The summed E-state index contributed by atoms with van der Waals surface area (Å²) in [5.74, 6) is -0.319. The number of rotatable bonds is 3. The summed E-state index contributed by atoms with van der Waals surface area (Å²) < 4.78 is 19.0. The lowest BCUT2D eigenvalue weighted by atomic mass is 10.1. The highest BCUT2D eigenvalue weighted by atomic mass is 32.1. The molecule has 2 atom stereocenters. The number of morpholine rings is 1. The molecule has 0 amide bonds. The third kappa shape index (κ3) is 3.04. The van der Waals surface area contributed by atoms with Crippen LogP contribution in [0.25, 0.3) is 0 Å². The van der Waals surface area contributed by atoms with Crippen LogP contribution in [0.3, 0.4) is 0 Å². The van der Waals surface area contributed by atoms with Gasteiger partial charge in [-0.15, -0.1) is 0 Å². The Kier molecular flexibility index (Phi) is 4.37. The summed E-state index contributed by atoms with van der Waals surface area (Å²) in [6, 6.07) is 4.88. The first-order valence-electron chi connectivity index (χ1n) is 6.50. The Balaban J connectivity index is 2.40. The number of thiocarbonyl (C=S) groups is 1. The first-order valence-corrected chi connectivity index (χ1v) is 6.91. The summed E-state index contributed by atoms with van der Waals surface area (Å²) in [5.41, 5.74) is 7.22. The molecule has 3 nitrogen and oxygen atoms in total. The SMILES string of the molecule is CCC1COC(C)CN1c1ccc(F)cc1C(N)=S. The van der Waals surface area contributed by atoms with E-state index in [0.717, 1.165) is 18.7 Å². The molecule has 5 heteroatoms.